The van der Waals surface area contributed by atoms with Crippen molar-refractivity contribution in [2.75, 3.05) is 20.8 Å². The van der Waals surface area contributed by atoms with E-state index in [4.69, 9.17) is 9.47 Å². The third-order valence-electron chi connectivity index (χ3n) is 4.65. The van der Waals surface area contributed by atoms with Crippen molar-refractivity contribution in [3.8, 4) is 22.6 Å². The van der Waals surface area contributed by atoms with Gasteiger partial charge in [0, 0.05) is 22.2 Å². The van der Waals surface area contributed by atoms with E-state index in [1.165, 1.54) is 25.3 Å². The molecule has 1 saturated carbocycles. The fraction of sp³-hybridized carbons (Fsp3) is 0.300. The number of phenolic OH excluding ortho intramolecular Hbond substituents is 1. The Labute approximate surface area is 170 Å². The molecule has 30 heavy (non-hydrogen) atoms. The van der Waals surface area contributed by atoms with Crippen molar-refractivity contribution < 1.29 is 38.4 Å². The van der Waals surface area contributed by atoms with Crippen LogP contribution in [-0.4, -0.2) is 48.7 Å². The molecule has 0 aliphatic heterocycles. The number of nitrogens with one attached hydrogen (secondary N) is 1. The zero-order valence-corrected chi connectivity index (χ0v) is 16.2. The van der Waals surface area contributed by atoms with E-state index in [-0.39, 0.29) is 33.8 Å². The summed E-state index contributed by atoms with van der Waals surface area (Å²) in [6.45, 7) is 0.511. The lowest BCUT2D eigenvalue weighted by atomic mass is 9.96. The quantitative estimate of drug-likeness (QED) is 0.657. The number of amides is 1. The van der Waals surface area contributed by atoms with Crippen molar-refractivity contribution in [2.24, 2.45) is 5.92 Å². The molecule has 0 radical (unpaired) electrons. The van der Waals surface area contributed by atoms with Gasteiger partial charge in [-0.1, -0.05) is 0 Å². The number of methoxy groups -OCH3 is 2. The second-order valence-corrected chi connectivity index (χ2v) is 6.67. The van der Waals surface area contributed by atoms with Gasteiger partial charge >= 0.3 is 11.9 Å². The number of ether oxygens (including phenoxy) is 2. The summed E-state index contributed by atoms with van der Waals surface area (Å²) in [6, 6.07) is 4.88. The van der Waals surface area contributed by atoms with Crippen molar-refractivity contribution in [1.82, 2.24) is 10.3 Å². The second-order valence-electron chi connectivity index (χ2n) is 6.67. The zero-order valence-electron chi connectivity index (χ0n) is 16.2. The molecule has 0 bridgehead atoms. The molecule has 1 fully saturated rings. The summed E-state index contributed by atoms with van der Waals surface area (Å²) in [5, 5.41) is 12.7. The molecule has 0 spiro atoms. The average molecular weight is 418 g/mol. The number of hydrogen-bond acceptors (Lipinski definition) is 8. The van der Waals surface area contributed by atoms with E-state index in [9.17, 15) is 24.0 Å². The van der Waals surface area contributed by atoms with Gasteiger partial charge in [-0.3, -0.25) is 4.79 Å². The number of nitrogens with zero attached hydrogens (tertiary/aromatic N) is 1. The van der Waals surface area contributed by atoms with Gasteiger partial charge in [0.25, 0.3) is 5.91 Å². The molecule has 3 rings (SSSR count). The van der Waals surface area contributed by atoms with E-state index < -0.39 is 23.6 Å². The summed E-state index contributed by atoms with van der Waals surface area (Å²) in [5.74, 6) is -2.77. The van der Waals surface area contributed by atoms with Crippen LogP contribution in [0.3, 0.4) is 0 Å². The Morgan fingerprint density at radius 3 is 2.50 bits per heavy atom. The highest BCUT2D eigenvalue weighted by atomic mass is 19.3. The van der Waals surface area contributed by atoms with Gasteiger partial charge in [0.05, 0.1) is 19.8 Å². The van der Waals surface area contributed by atoms with Crippen LogP contribution < -0.4 is 10.1 Å². The minimum atomic E-state index is -1.40. The lowest BCUT2D eigenvalue weighted by Crippen LogP contribution is -2.27. The van der Waals surface area contributed by atoms with E-state index in [1.54, 1.807) is 0 Å². The number of aromatic nitrogens is 1. The van der Waals surface area contributed by atoms with E-state index in [0.29, 0.717) is 12.5 Å². The van der Waals surface area contributed by atoms with Crippen LogP contribution in [0.15, 0.2) is 24.3 Å². The molecule has 9 nitrogen and oxygen atoms in total. The Hall–Kier alpha value is -3.69. The highest BCUT2D eigenvalue weighted by Gasteiger charge is 2.26. The second kappa shape index (κ2) is 8.76. The van der Waals surface area contributed by atoms with E-state index >= 15 is 0 Å². The minimum absolute atomic E-state index is 0.00913. The Morgan fingerprint density at radius 2 is 1.90 bits per heavy atom. The first-order chi connectivity index (χ1) is 14.4. The van der Waals surface area contributed by atoms with Gasteiger partial charge in [0.2, 0.25) is 0 Å². The molecule has 2 aromatic rings. The first-order valence-electron chi connectivity index (χ1n) is 9.01. The number of halogens is 1. The molecule has 1 aliphatic rings. The number of pyridine rings is 1. The summed E-state index contributed by atoms with van der Waals surface area (Å²) in [4.78, 5) is 44.0. The Kier molecular flexibility index (Phi) is 6.14. The predicted octanol–water partition coefficient (Wildman–Crippen LogP) is 2.43. The number of phenols is 1. The molecular weight excluding hydrogens is 399 g/mol. The molecule has 0 saturated heterocycles. The number of carbonyl (C=O) groups excluding carboxylic acids is 3. The van der Waals surface area contributed by atoms with E-state index in [0.717, 1.165) is 26.0 Å². The van der Waals surface area contributed by atoms with Crippen LogP contribution in [0.5, 0.6) is 11.5 Å². The first-order valence-corrected chi connectivity index (χ1v) is 9.01. The highest BCUT2D eigenvalue weighted by molar-refractivity contribution is 6.04. The molecule has 1 heterocycles. The molecule has 158 valence electrons. The van der Waals surface area contributed by atoms with Gasteiger partial charge in [-0.05, 0) is 43.0 Å². The van der Waals surface area contributed by atoms with Crippen LogP contribution in [0, 0.1) is 5.92 Å². The normalized spacial score (nSPS) is 12.8. The monoisotopic (exact) mass is 418 g/mol. The number of benzene rings is 1. The summed E-state index contributed by atoms with van der Waals surface area (Å²) in [6.07, 6.45) is 2.10. The summed E-state index contributed by atoms with van der Waals surface area (Å²) in [7, 11) is 2.40. The highest BCUT2D eigenvalue weighted by Crippen LogP contribution is 2.37. The van der Waals surface area contributed by atoms with Crippen LogP contribution in [0.2, 0.25) is 0 Å². The maximum atomic E-state index is 12.6. The molecular formula is C20H19FN2O7. The first kappa shape index (κ1) is 21.0. The summed E-state index contributed by atoms with van der Waals surface area (Å²) < 4.78 is 22.4. The number of aromatic hydroxyl groups is 1. The third kappa shape index (κ3) is 4.32. The molecule has 0 unspecified atom stereocenters. The lowest BCUT2D eigenvalue weighted by molar-refractivity contribution is -0.0787. The van der Waals surface area contributed by atoms with Crippen LogP contribution in [0.4, 0.5) is 4.53 Å². The topological polar surface area (TPSA) is 124 Å². The van der Waals surface area contributed by atoms with Gasteiger partial charge in [0.15, 0.2) is 17.2 Å². The van der Waals surface area contributed by atoms with Crippen molar-refractivity contribution in [3.05, 3.63) is 41.2 Å². The van der Waals surface area contributed by atoms with Gasteiger partial charge in [-0.25, -0.2) is 19.5 Å². The smallest absolute Gasteiger partial charge is 0.380 e. The Balaban J connectivity index is 2.11. The van der Waals surface area contributed by atoms with Gasteiger partial charge < -0.3 is 19.9 Å². The van der Waals surface area contributed by atoms with Crippen molar-refractivity contribution >= 4 is 17.8 Å². The number of rotatable bonds is 7. The van der Waals surface area contributed by atoms with E-state index in [2.05, 4.69) is 15.2 Å². The van der Waals surface area contributed by atoms with Crippen LogP contribution in [-0.2, 0) is 9.68 Å². The Morgan fingerprint density at radius 1 is 1.17 bits per heavy atom. The maximum absolute atomic E-state index is 12.6. The lowest BCUT2D eigenvalue weighted by Gasteiger charge is -2.14. The molecule has 2 N–H and O–H groups in total. The molecule has 0 atom stereocenters. The fourth-order valence-corrected chi connectivity index (χ4v) is 2.87. The minimum Gasteiger partial charge on any atom is -0.504 e. The van der Waals surface area contributed by atoms with Crippen LogP contribution >= 0.6 is 0 Å². The third-order valence-corrected chi connectivity index (χ3v) is 4.65. The van der Waals surface area contributed by atoms with Crippen molar-refractivity contribution in [2.45, 2.75) is 12.8 Å². The van der Waals surface area contributed by atoms with Gasteiger partial charge in [0.1, 0.15) is 5.69 Å². The standard InChI is InChI=1S/C20H19FN2O7/c1-28-16-8-12(13(7-15(16)24)19(26)30-21)11-5-6-14(23-17(11)20(27)29-2)18(25)22-9-10-3-4-10/h5-8,10,24H,3-4,9H2,1-2H3,(H,22,25). The van der Waals surface area contributed by atoms with Crippen molar-refractivity contribution in [1.29, 1.82) is 0 Å². The van der Waals surface area contributed by atoms with Crippen LogP contribution in [0.25, 0.3) is 11.1 Å². The molecule has 10 heteroatoms. The SMILES string of the molecule is COC(=O)c1nc(C(=O)NCC2CC2)ccc1-c1cc(OC)c(O)cc1C(=O)OF. The van der Waals surface area contributed by atoms with E-state index in [1.807, 2.05) is 0 Å². The fourth-order valence-electron chi connectivity index (χ4n) is 2.87. The molecule has 1 amide bonds. The van der Waals surface area contributed by atoms with Gasteiger partial charge in [-0.15, -0.1) is 0 Å². The largest absolute Gasteiger partial charge is 0.504 e. The molecule has 1 aliphatic carbocycles. The Bertz CT molecular complexity index is 1000. The maximum Gasteiger partial charge on any atom is 0.380 e. The average Bonchev–Trinajstić information content (AvgIpc) is 3.60. The van der Waals surface area contributed by atoms with Gasteiger partial charge in [-0.2, -0.15) is 0 Å². The number of carbonyl (C=O) groups is 3. The molecule has 1 aromatic carbocycles. The van der Waals surface area contributed by atoms with Crippen molar-refractivity contribution in [3.63, 3.8) is 0 Å². The summed E-state index contributed by atoms with van der Waals surface area (Å²) >= 11 is 0. The zero-order chi connectivity index (χ0) is 21.8. The van der Waals surface area contributed by atoms with Crippen LogP contribution in [0.1, 0.15) is 44.2 Å². The number of hydrogen-bond donors (Lipinski definition) is 2. The number of esters is 1. The molecule has 1 aromatic heterocycles. The predicted molar refractivity (Wildman–Crippen MR) is 101 cm³/mol. The summed E-state index contributed by atoms with van der Waals surface area (Å²) in [5.41, 5.74) is -0.643.